The van der Waals surface area contributed by atoms with Crippen LogP contribution < -0.4 is 4.72 Å². The number of hydrogen-bond donors (Lipinski definition) is 1. The Morgan fingerprint density at radius 2 is 1.67 bits per heavy atom. The van der Waals surface area contributed by atoms with Crippen LogP contribution in [-0.4, -0.2) is 25.5 Å². The van der Waals surface area contributed by atoms with Crippen LogP contribution in [0, 0.1) is 0 Å². The van der Waals surface area contributed by atoms with Crippen molar-refractivity contribution in [1.82, 2.24) is 4.98 Å². The molecule has 3 aromatic rings. The fraction of sp³-hybridized carbons (Fsp3) is 0.190. The molecule has 0 radical (unpaired) electrons. The van der Waals surface area contributed by atoms with Gasteiger partial charge in [0.05, 0.1) is 24.6 Å². The molecule has 9 heteroatoms. The fourth-order valence-corrected chi connectivity index (χ4v) is 3.25. The quantitative estimate of drug-likeness (QED) is 0.517. The van der Waals surface area contributed by atoms with E-state index in [-0.39, 0.29) is 12.3 Å². The van der Waals surface area contributed by atoms with Gasteiger partial charge in [0.15, 0.2) is 0 Å². The Kier molecular flexibility index (Phi) is 6.73. The number of aromatic nitrogens is 1. The molecule has 0 aliphatic heterocycles. The molecular weight excluding hydrogens is 417 g/mol. The molecule has 1 heterocycles. The summed E-state index contributed by atoms with van der Waals surface area (Å²) in [5.74, 6) is 0. The summed E-state index contributed by atoms with van der Waals surface area (Å²) < 4.78 is 67.1. The summed E-state index contributed by atoms with van der Waals surface area (Å²) in [5, 5.41) is 0. The Balaban J connectivity index is 1.54. The van der Waals surface area contributed by atoms with Gasteiger partial charge in [0, 0.05) is 11.3 Å². The lowest BCUT2D eigenvalue weighted by Crippen LogP contribution is -2.29. The molecule has 1 N–H and O–H groups in total. The minimum absolute atomic E-state index is 0.151. The zero-order chi connectivity index (χ0) is 21.6. The van der Waals surface area contributed by atoms with Gasteiger partial charge in [-0.1, -0.05) is 48.5 Å². The average Bonchev–Trinajstić information content (AvgIpc) is 2.71. The first-order valence-corrected chi connectivity index (χ1v) is 10.5. The molecule has 0 atom stereocenters. The van der Waals surface area contributed by atoms with Crippen molar-refractivity contribution in [3.05, 3.63) is 84.1 Å². The summed E-state index contributed by atoms with van der Waals surface area (Å²) in [6, 6.07) is 21.1. The number of nitrogens with one attached hydrogen (secondary N) is 1. The minimum Gasteiger partial charge on any atom is -0.375 e. The summed E-state index contributed by atoms with van der Waals surface area (Å²) in [5.41, 5.74) is -2.29. The molecular formula is C21H19F3N2O3S. The highest BCUT2D eigenvalue weighted by Crippen LogP contribution is 2.25. The summed E-state index contributed by atoms with van der Waals surface area (Å²) in [6.45, 7) is 0.577. The van der Waals surface area contributed by atoms with E-state index in [1.165, 1.54) is 22.9 Å². The second-order valence-corrected chi connectivity index (χ2v) is 8.11. The van der Waals surface area contributed by atoms with E-state index in [1.807, 2.05) is 48.5 Å². The third-order valence-corrected chi connectivity index (χ3v) is 5.26. The topological polar surface area (TPSA) is 68.3 Å². The van der Waals surface area contributed by atoms with Crippen molar-refractivity contribution >= 4 is 15.7 Å². The van der Waals surface area contributed by atoms with Crippen molar-refractivity contribution < 1.29 is 26.3 Å². The summed E-state index contributed by atoms with van der Waals surface area (Å²) in [6.07, 6.45) is 0.403. The first kappa shape index (κ1) is 21.8. The van der Waals surface area contributed by atoms with Crippen LogP contribution in [0.2, 0.25) is 0 Å². The van der Waals surface area contributed by atoms with Gasteiger partial charge in [0.1, 0.15) is 0 Å². The van der Waals surface area contributed by atoms with Crippen molar-refractivity contribution in [2.45, 2.75) is 18.5 Å². The van der Waals surface area contributed by atoms with Crippen molar-refractivity contribution in [3.8, 4) is 11.3 Å². The van der Waals surface area contributed by atoms with Crippen molar-refractivity contribution in [1.29, 1.82) is 0 Å². The van der Waals surface area contributed by atoms with Gasteiger partial charge in [-0.05, 0) is 36.2 Å². The highest BCUT2D eigenvalue weighted by atomic mass is 32.2. The molecule has 1 aromatic heterocycles. The van der Waals surface area contributed by atoms with Crippen molar-refractivity contribution in [3.63, 3.8) is 0 Å². The Labute approximate surface area is 172 Å². The second kappa shape index (κ2) is 9.27. The maximum Gasteiger partial charge on any atom is 0.516 e. The van der Waals surface area contributed by atoms with Crippen LogP contribution in [-0.2, 0) is 27.8 Å². The van der Waals surface area contributed by atoms with E-state index in [4.69, 9.17) is 4.74 Å². The van der Waals surface area contributed by atoms with E-state index in [9.17, 15) is 21.6 Å². The van der Waals surface area contributed by atoms with Gasteiger partial charge in [-0.25, -0.2) is 0 Å². The molecule has 0 fully saturated rings. The van der Waals surface area contributed by atoms with Crippen LogP contribution in [0.3, 0.4) is 0 Å². The predicted molar refractivity (Wildman–Crippen MR) is 108 cm³/mol. The van der Waals surface area contributed by atoms with Crippen LogP contribution in [0.15, 0.2) is 72.8 Å². The number of nitrogens with zero attached hydrogens (tertiary/aromatic N) is 1. The molecule has 2 aromatic carbocycles. The van der Waals surface area contributed by atoms with Crippen LogP contribution >= 0.6 is 0 Å². The minimum atomic E-state index is -5.45. The summed E-state index contributed by atoms with van der Waals surface area (Å²) >= 11 is 0. The number of alkyl halides is 3. The largest absolute Gasteiger partial charge is 0.516 e. The molecule has 5 nitrogen and oxygen atoms in total. The Bertz CT molecular complexity index is 1090. The first-order chi connectivity index (χ1) is 14.2. The average molecular weight is 436 g/mol. The lowest BCUT2D eigenvalue weighted by molar-refractivity contribution is -0.0429. The van der Waals surface area contributed by atoms with Gasteiger partial charge in [0.25, 0.3) is 0 Å². The molecule has 0 amide bonds. The van der Waals surface area contributed by atoms with E-state index in [2.05, 4.69) is 4.98 Å². The summed E-state index contributed by atoms with van der Waals surface area (Å²) in [7, 11) is -5.45. The van der Waals surface area contributed by atoms with Crippen LogP contribution in [0.1, 0.15) is 11.3 Å². The first-order valence-electron chi connectivity index (χ1n) is 9.02. The summed E-state index contributed by atoms with van der Waals surface area (Å²) in [4.78, 5) is 4.56. The smallest absolute Gasteiger partial charge is 0.375 e. The predicted octanol–water partition coefficient (Wildman–Crippen LogP) is 4.77. The molecule has 30 heavy (non-hydrogen) atoms. The van der Waals surface area contributed by atoms with Gasteiger partial charge in [-0.15, -0.1) is 0 Å². The number of anilines is 1. The third-order valence-electron chi connectivity index (χ3n) is 4.15. The number of hydrogen-bond acceptors (Lipinski definition) is 4. The van der Waals surface area contributed by atoms with Crippen LogP contribution in [0.5, 0.6) is 0 Å². The molecule has 0 aliphatic rings. The third kappa shape index (κ3) is 5.80. The van der Waals surface area contributed by atoms with Gasteiger partial charge in [0.2, 0.25) is 0 Å². The Hall–Kier alpha value is -2.91. The van der Waals surface area contributed by atoms with Crippen LogP contribution in [0.4, 0.5) is 18.9 Å². The van der Waals surface area contributed by atoms with Crippen molar-refractivity contribution in [2.75, 3.05) is 11.3 Å². The van der Waals surface area contributed by atoms with E-state index >= 15 is 0 Å². The molecule has 0 spiro atoms. The maximum absolute atomic E-state index is 12.5. The fourth-order valence-electron chi connectivity index (χ4n) is 2.70. The van der Waals surface area contributed by atoms with Crippen molar-refractivity contribution in [2.24, 2.45) is 0 Å². The maximum atomic E-state index is 12.5. The van der Waals surface area contributed by atoms with E-state index in [1.54, 1.807) is 6.07 Å². The number of ether oxygens (including phenoxy) is 1. The number of rotatable bonds is 8. The highest BCUT2D eigenvalue weighted by Gasteiger charge is 2.46. The molecule has 0 saturated heterocycles. The second-order valence-electron chi connectivity index (χ2n) is 6.43. The molecule has 158 valence electrons. The normalized spacial score (nSPS) is 12.0. The number of sulfonamides is 1. The monoisotopic (exact) mass is 436 g/mol. The van der Waals surface area contributed by atoms with E-state index in [0.717, 1.165) is 17.0 Å². The Morgan fingerprint density at radius 1 is 0.933 bits per heavy atom. The molecule has 0 saturated carbocycles. The van der Waals surface area contributed by atoms with Gasteiger partial charge < -0.3 is 4.74 Å². The molecule has 0 unspecified atom stereocenters. The lowest BCUT2D eigenvalue weighted by Gasteiger charge is -2.11. The zero-order valence-electron chi connectivity index (χ0n) is 15.8. The van der Waals surface area contributed by atoms with Gasteiger partial charge in [-0.2, -0.15) is 21.6 Å². The SMILES string of the molecule is O=S(=O)(Nc1cccc(CCOCc2cccc(-c3ccccc3)n2)c1)C(F)(F)F. The van der Waals surface area contributed by atoms with Crippen LogP contribution in [0.25, 0.3) is 11.3 Å². The van der Waals surface area contributed by atoms with E-state index < -0.39 is 15.5 Å². The number of benzene rings is 2. The number of pyridine rings is 1. The Morgan fingerprint density at radius 3 is 2.40 bits per heavy atom. The number of halogens is 3. The lowest BCUT2D eigenvalue weighted by atomic mass is 10.1. The van der Waals surface area contributed by atoms with Gasteiger partial charge >= 0.3 is 15.5 Å². The standard InChI is InChI=1S/C21H19F3N2O3S/c22-21(23,24)30(27,28)26-18-9-4-6-16(14-18)12-13-29-15-19-10-5-11-20(25-19)17-7-2-1-3-8-17/h1-11,14,26H,12-13,15H2. The van der Waals surface area contributed by atoms with E-state index in [0.29, 0.717) is 18.6 Å². The molecule has 0 bridgehead atoms. The molecule has 3 rings (SSSR count). The zero-order valence-corrected chi connectivity index (χ0v) is 16.6. The van der Waals surface area contributed by atoms with Gasteiger partial charge in [-0.3, -0.25) is 9.71 Å². The highest BCUT2D eigenvalue weighted by molar-refractivity contribution is 7.93. The molecule has 0 aliphatic carbocycles.